The monoisotopic (exact) mass is 281 g/mol. The summed E-state index contributed by atoms with van der Waals surface area (Å²) in [6.07, 6.45) is 0.649. The Morgan fingerprint density at radius 3 is 2.47 bits per heavy atom. The van der Waals surface area contributed by atoms with Crippen LogP contribution in [0.15, 0.2) is 17.0 Å². The Labute approximate surface area is 116 Å². The molecule has 0 aromatic heterocycles. The van der Waals surface area contributed by atoms with Gasteiger partial charge in [-0.3, -0.25) is 0 Å². The smallest absolute Gasteiger partial charge is 0.181 e. The van der Waals surface area contributed by atoms with Gasteiger partial charge in [-0.25, -0.2) is 8.42 Å². The molecule has 2 unspecified atom stereocenters. The van der Waals surface area contributed by atoms with Crippen LogP contribution >= 0.6 is 0 Å². The van der Waals surface area contributed by atoms with Gasteiger partial charge in [0.05, 0.1) is 10.1 Å². The number of benzene rings is 1. The molecule has 2 rings (SSSR count). The highest BCUT2D eigenvalue weighted by molar-refractivity contribution is 7.92. The van der Waals surface area contributed by atoms with E-state index in [1.165, 1.54) is 0 Å². The highest BCUT2D eigenvalue weighted by Crippen LogP contribution is 2.38. The van der Waals surface area contributed by atoms with Gasteiger partial charge < -0.3 is 5.32 Å². The molecule has 0 amide bonds. The van der Waals surface area contributed by atoms with Crippen LogP contribution in [0.25, 0.3) is 0 Å². The van der Waals surface area contributed by atoms with Crippen LogP contribution in [-0.4, -0.2) is 19.7 Å². The first kappa shape index (κ1) is 14.5. The number of rotatable bonds is 2. The summed E-state index contributed by atoms with van der Waals surface area (Å²) in [6.45, 7) is 9.91. The Kier molecular flexibility index (Phi) is 3.76. The zero-order valence-corrected chi connectivity index (χ0v) is 13.1. The molecule has 0 aliphatic carbocycles. The van der Waals surface area contributed by atoms with E-state index in [1.807, 2.05) is 32.9 Å². The number of nitrogens with one attached hydrogen (secondary N) is 1. The zero-order chi connectivity index (χ0) is 14.4. The molecule has 0 fully saturated rings. The fourth-order valence-corrected chi connectivity index (χ4v) is 4.87. The van der Waals surface area contributed by atoms with Crippen molar-refractivity contribution in [1.29, 1.82) is 0 Å². The molecule has 0 spiro atoms. The van der Waals surface area contributed by atoms with E-state index in [-0.39, 0.29) is 11.3 Å². The average molecular weight is 281 g/mol. The van der Waals surface area contributed by atoms with E-state index in [2.05, 4.69) is 19.2 Å². The lowest BCUT2D eigenvalue weighted by molar-refractivity contribution is 0.427. The molecule has 4 heteroatoms. The summed E-state index contributed by atoms with van der Waals surface area (Å²) < 4.78 is 25.1. The number of fused-ring (bicyclic) bond motifs is 1. The minimum Gasteiger partial charge on any atom is -0.308 e. The lowest BCUT2D eigenvalue weighted by Gasteiger charge is -2.33. The second-order valence-electron chi connectivity index (χ2n) is 5.97. The van der Waals surface area contributed by atoms with Gasteiger partial charge in [0.15, 0.2) is 9.84 Å². The van der Waals surface area contributed by atoms with Crippen molar-refractivity contribution in [2.24, 2.45) is 0 Å². The molecule has 0 saturated heterocycles. The van der Waals surface area contributed by atoms with E-state index in [0.717, 1.165) is 16.7 Å². The molecule has 1 heterocycles. The predicted octanol–water partition coefficient (Wildman–Crippen LogP) is 2.91. The molecule has 0 bridgehead atoms. The zero-order valence-electron chi connectivity index (χ0n) is 12.3. The van der Waals surface area contributed by atoms with Crippen LogP contribution in [0.3, 0.4) is 0 Å². The quantitative estimate of drug-likeness (QED) is 0.906. The van der Waals surface area contributed by atoms with Crippen molar-refractivity contribution in [2.45, 2.75) is 63.3 Å². The lowest BCUT2D eigenvalue weighted by atomic mass is 9.96. The fourth-order valence-electron chi connectivity index (χ4n) is 2.98. The van der Waals surface area contributed by atoms with Crippen molar-refractivity contribution < 1.29 is 8.42 Å². The molecule has 1 aromatic rings. The molecule has 2 atom stereocenters. The third-order valence-corrected chi connectivity index (χ3v) is 6.12. The maximum Gasteiger partial charge on any atom is 0.181 e. The van der Waals surface area contributed by atoms with E-state index < -0.39 is 9.84 Å². The largest absolute Gasteiger partial charge is 0.308 e. The normalized spacial score (nSPS) is 25.4. The van der Waals surface area contributed by atoms with Crippen LogP contribution < -0.4 is 5.32 Å². The summed E-state index contributed by atoms with van der Waals surface area (Å²) in [4.78, 5) is 0.551. The molecular formula is C15H23NO2S. The standard InChI is InChI=1S/C15H23NO2S/c1-9(2)16-14-8-12(5)19(17,18)15-11(4)6-10(3)7-13(14)15/h6-7,9,12,14,16H,8H2,1-5H3. The fraction of sp³-hybridized carbons (Fsp3) is 0.600. The van der Waals surface area contributed by atoms with E-state index in [0.29, 0.717) is 17.4 Å². The summed E-state index contributed by atoms with van der Waals surface area (Å²) in [7, 11) is -3.18. The van der Waals surface area contributed by atoms with E-state index in [1.54, 1.807) is 0 Å². The summed E-state index contributed by atoms with van der Waals surface area (Å²) in [5.74, 6) is 0. The Balaban J connectivity index is 2.64. The van der Waals surface area contributed by atoms with Gasteiger partial charge in [-0.15, -0.1) is 0 Å². The van der Waals surface area contributed by atoms with Crippen molar-refractivity contribution in [3.63, 3.8) is 0 Å². The van der Waals surface area contributed by atoms with Gasteiger partial charge in [0.2, 0.25) is 0 Å². The Hall–Kier alpha value is -0.870. The Morgan fingerprint density at radius 2 is 1.89 bits per heavy atom. The van der Waals surface area contributed by atoms with Crippen LogP contribution in [0, 0.1) is 13.8 Å². The summed E-state index contributed by atoms with van der Waals surface area (Å²) in [5.41, 5.74) is 2.94. The molecule has 1 N–H and O–H groups in total. The summed E-state index contributed by atoms with van der Waals surface area (Å²) in [6, 6.07) is 4.45. The van der Waals surface area contributed by atoms with Crippen molar-refractivity contribution in [3.05, 3.63) is 28.8 Å². The first-order chi connectivity index (χ1) is 8.73. The third-order valence-electron chi connectivity index (χ3n) is 3.74. The summed E-state index contributed by atoms with van der Waals surface area (Å²) >= 11 is 0. The third kappa shape index (κ3) is 2.56. The van der Waals surface area contributed by atoms with Gasteiger partial charge in [0.1, 0.15) is 0 Å². The van der Waals surface area contributed by atoms with Crippen LogP contribution in [0.5, 0.6) is 0 Å². The van der Waals surface area contributed by atoms with Gasteiger partial charge >= 0.3 is 0 Å². The molecule has 3 nitrogen and oxygen atoms in total. The van der Waals surface area contributed by atoms with Gasteiger partial charge in [-0.1, -0.05) is 31.5 Å². The highest BCUT2D eigenvalue weighted by atomic mass is 32.2. The number of aryl methyl sites for hydroxylation is 2. The van der Waals surface area contributed by atoms with E-state index in [4.69, 9.17) is 0 Å². The SMILES string of the molecule is Cc1cc(C)c2c(c1)C(NC(C)C)CC(C)S2(=O)=O. The molecular weight excluding hydrogens is 258 g/mol. The molecule has 0 radical (unpaired) electrons. The molecule has 0 saturated carbocycles. The minimum absolute atomic E-state index is 0.132. The van der Waals surface area contributed by atoms with Gasteiger partial charge in [0, 0.05) is 12.1 Å². The van der Waals surface area contributed by atoms with Crippen LogP contribution in [0.1, 0.15) is 49.9 Å². The highest BCUT2D eigenvalue weighted by Gasteiger charge is 2.37. The lowest BCUT2D eigenvalue weighted by Crippen LogP contribution is -2.37. The van der Waals surface area contributed by atoms with Crippen LogP contribution in [-0.2, 0) is 9.84 Å². The topological polar surface area (TPSA) is 46.2 Å². The minimum atomic E-state index is -3.18. The van der Waals surface area contributed by atoms with Gasteiger partial charge in [-0.2, -0.15) is 0 Å². The maximum absolute atomic E-state index is 12.5. The second-order valence-corrected chi connectivity index (χ2v) is 8.27. The first-order valence-corrected chi connectivity index (χ1v) is 8.39. The molecule has 1 aromatic carbocycles. The molecule has 1 aliphatic heterocycles. The predicted molar refractivity (Wildman–Crippen MR) is 78.2 cm³/mol. The number of hydrogen-bond acceptors (Lipinski definition) is 3. The van der Waals surface area contributed by atoms with Crippen molar-refractivity contribution in [1.82, 2.24) is 5.32 Å². The van der Waals surface area contributed by atoms with Crippen LogP contribution in [0.4, 0.5) is 0 Å². The molecule has 19 heavy (non-hydrogen) atoms. The van der Waals surface area contributed by atoms with E-state index in [9.17, 15) is 8.42 Å². The maximum atomic E-state index is 12.5. The van der Waals surface area contributed by atoms with Crippen molar-refractivity contribution in [3.8, 4) is 0 Å². The van der Waals surface area contributed by atoms with Gasteiger partial charge in [0.25, 0.3) is 0 Å². The molecule has 106 valence electrons. The molecule has 1 aliphatic rings. The van der Waals surface area contributed by atoms with Crippen molar-refractivity contribution >= 4 is 9.84 Å². The second kappa shape index (κ2) is 4.91. The van der Waals surface area contributed by atoms with E-state index >= 15 is 0 Å². The average Bonchev–Trinajstić information content (AvgIpc) is 2.23. The number of hydrogen-bond donors (Lipinski definition) is 1. The summed E-state index contributed by atoms with van der Waals surface area (Å²) in [5, 5.41) is 3.17. The van der Waals surface area contributed by atoms with Crippen molar-refractivity contribution in [2.75, 3.05) is 0 Å². The first-order valence-electron chi connectivity index (χ1n) is 6.84. The Morgan fingerprint density at radius 1 is 1.26 bits per heavy atom. The Bertz CT molecular complexity index is 590. The number of sulfone groups is 1. The van der Waals surface area contributed by atoms with Crippen LogP contribution in [0.2, 0.25) is 0 Å². The van der Waals surface area contributed by atoms with Gasteiger partial charge in [-0.05, 0) is 38.3 Å².